The third-order valence-electron chi connectivity index (χ3n) is 3.34. The lowest BCUT2D eigenvalue weighted by atomic mass is 10.2. The first-order valence-corrected chi connectivity index (χ1v) is 8.70. The number of allylic oxidation sites excluding steroid dienone is 1. The van der Waals surface area contributed by atoms with Gasteiger partial charge in [-0.15, -0.1) is 0 Å². The molecule has 0 saturated carbocycles. The van der Waals surface area contributed by atoms with E-state index in [1.165, 1.54) is 31.2 Å². The first-order valence-electron chi connectivity index (χ1n) is 7.16. The molecular weight excluding hydrogens is 321 g/mol. The lowest BCUT2D eigenvalue weighted by molar-refractivity contribution is -0.384. The highest BCUT2D eigenvalue weighted by Crippen LogP contribution is 2.61. The van der Waals surface area contributed by atoms with Crippen LogP contribution in [-0.2, 0) is 18.4 Å². The van der Waals surface area contributed by atoms with Crippen LogP contribution in [0.2, 0.25) is 0 Å². The second-order valence-corrected chi connectivity index (χ2v) is 7.40. The summed E-state index contributed by atoms with van der Waals surface area (Å²) in [5, 5.41) is 10.7. The summed E-state index contributed by atoms with van der Waals surface area (Å²) in [6, 6.07) is 5.71. The van der Waals surface area contributed by atoms with Crippen molar-refractivity contribution in [3.05, 3.63) is 45.3 Å². The number of non-ortho nitro benzene ring substituents is 1. The first-order chi connectivity index (χ1) is 10.7. The number of Topliss-reactive ketones (excluding diaryl/α,β-unsaturated/α-hetero) is 1. The summed E-state index contributed by atoms with van der Waals surface area (Å²) < 4.78 is 23.8. The van der Waals surface area contributed by atoms with E-state index in [2.05, 4.69) is 0 Å². The number of hydrogen-bond acceptors (Lipinski definition) is 6. The molecule has 1 fully saturated rings. The number of hydrogen-bond donors (Lipinski definition) is 0. The molecule has 7 nitrogen and oxygen atoms in total. The predicted octanol–water partition coefficient (Wildman–Crippen LogP) is 3.93. The van der Waals surface area contributed by atoms with Crippen LogP contribution in [0.15, 0.2) is 29.6 Å². The van der Waals surface area contributed by atoms with Crippen LogP contribution in [0, 0.1) is 10.1 Å². The van der Waals surface area contributed by atoms with E-state index in [0.29, 0.717) is 12.0 Å². The van der Waals surface area contributed by atoms with Crippen molar-refractivity contribution in [2.75, 3.05) is 0 Å². The summed E-state index contributed by atoms with van der Waals surface area (Å²) in [5.41, 5.74) is 0.268. The molecule has 0 radical (unpaired) electrons. The van der Waals surface area contributed by atoms with E-state index in [4.69, 9.17) is 9.05 Å². The summed E-state index contributed by atoms with van der Waals surface area (Å²) >= 11 is 0. The van der Waals surface area contributed by atoms with Crippen LogP contribution in [0.3, 0.4) is 0 Å². The molecule has 1 aliphatic rings. The highest BCUT2D eigenvalue weighted by molar-refractivity contribution is 7.60. The van der Waals surface area contributed by atoms with Gasteiger partial charge in [-0.25, -0.2) is 0 Å². The van der Waals surface area contributed by atoms with Crippen LogP contribution in [0.25, 0.3) is 6.08 Å². The maximum absolute atomic E-state index is 13.0. The lowest BCUT2D eigenvalue weighted by Gasteiger charge is -2.32. The van der Waals surface area contributed by atoms with Crippen molar-refractivity contribution < 1.29 is 23.3 Å². The first kappa shape index (κ1) is 17.5. The minimum absolute atomic E-state index is 0.101. The number of ketones is 1. The normalized spacial score (nSPS) is 28.4. The highest BCUT2D eigenvalue weighted by Gasteiger charge is 2.40. The molecule has 1 aromatic carbocycles. The van der Waals surface area contributed by atoms with Gasteiger partial charge < -0.3 is 9.05 Å². The van der Waals surface area contributed by atoms with Crippen molar-refractivity contribution >= 4 is 25.1 Å². The van der Waals surface area contributed by atoms with Crippen LogP contribution < -0.4 is 0 Å². The fourth-order valence-corrected chi connectivity index (χ4v) is 4.51. The van der Waals surface area contributed by atoms with Crippen molar-refractivity contribution in [2.24, 2.45) is 0 Å². The highest BCUT2D eigenvalue weighted by atomic mass is 31.2. The van der Waals surface area contributed by atoms with Crippen molar-refractivity contribution in [1.82, 2.24) is 0 Å². The van der Waals surface area contributed by atoms with Gasteiger partial charge in [0, 0.05) is 18.6 Å². The molecule has 23 heavy (non-hydrogen) atoms. The van der Waals surface area contributed by atoms with Gasteiger partial charge in [0.15, 0.2) is 5.78 Å². The van der Waals surface area contributed by atoms with E-state index in [1.807, 2.05) is 0 Å². The third kappa shape index (κ3) is 4.13. The second kappa shape index (κ2) is 6.74. The Morgan fingerprint density at radius 2 is 1.96 bits per heavy atom. The van der Waals surface area contributed by atoms with Gasteiger partial charge in [-0.1, -0.05) is 12.1 Å². The van der Waals surface area contributed by atoms with E-state index >= 15 is 0 Å². The maximum Gasteiger partial charge on any atom is 0.365 e. The Balaban J connectivity index is 2.46. The molecule has 0 bridgehead atoms. The van der Waals surface area contributed by atoms with Gasteiger partial charge in [-0.2, -0.15) is 0 Å². The summed E-state index contributed by atoms with van der Waals surface area (Å²) in [6.45, 7) is 4.78. The van der Waals surface area contributed by atoms with E-state index in [1.54, 1.807) is 19.9 Å². The van der Waals surface area contributed by atoms with Crippen molar-refractivity contribution in [3.63, 3.8) is 0 Å². The fraction of sp³-hybridized carbons (Fsp3) is 0.400. The Morgan fingerprint density at radius 3 is 2.48 bits per heavy atom. The maximum atomic E-state index is 13.0. The van der Waals surface area contributed by atoms with E-state index in [9.17, 15) is 19.5 Å². The van der Waals surface area contributed by atoms with Gasteiger partial charge >= 0.3 is 7.60 Å². The number of benzene rings is 1. The van der Waals surface area contributed by atoms with Crippen molar-refractivity contribution in [3.8, 4) is 0 Å². The minimum Gasteiger partial charge on any atom is -0.302 e. The Bertz CT molecular complexity index is 700. The molecule has 0 unspecified atom stereocenters. The topological polar surface area (TPSA) is 95.7 Å². The average molecular weight is 339 g/mol. The van der Waals surface area contributed by atoms with Crippen molar-refractivity contribution in [1.29, 1.82) is 0 Å². The zero-order valence-electron chi connectivity index (χ0n) is 13.1. The lowest BCUT2D eigenvalue weighted by Crippen LogP contribution is -2.25. The smallest absolute Gasteiger partial charge is 0.302 e. The minimum atomic E-state index is -3.75. The van der Waals surface area contributed by atoms with Gasteiger partial charge in [0.2, 0.25) is 0 Å². The molecule has 0 aromatic heterocycles. The van der Waals surface area contributed by atoms with Gasteiger partial charge in [0.25, 0.3) is 5.69 Å². The summed E-state index contributed by atoms with van der Waals surface area (Å²) in [6.07, 6.45) is 1.29. The van der Waals surface area contributed by atoms with E-state index in [0.717, 1.165) is 0 Å². The monoisotopic (exact) mass is 339 g/mol. The number of carbonyl (C=O) groups excluding carboxylic acids is 1. The molecular formula is C15H18NO6P. The van der Waals surface area contributed by atoms with E-state index < -0.39 is 18.3 Å². The molecule has 2 atom stereocenters. The van der Waals surface area contributed by atoms with Crippen LogP contribution >= 0.6 is 7.60 Å². The molecule has 2 rings (SSSR count). The quantitative estimate of drug-likeness (QED) is 0.357. The largest absolute Gasteiger partial charge is 0.365 e. The van der Waals surface area contributed by atoms with Crippen LogP contribution in [-0.4, -0.2) is 22.9 Å². The summed E-state index contributed by atoms with van der Waals surface area (Å²) in [4.78, 5) is 22.3. The molecule has 1 saturated heterocycles. The zero-order chi connectivity index (χ0) is 17.2. The number of nitro benzene ring substituents is 1. The Kier molecular flexibility index (Phi) is 5.14. The molecule has 0 amide bonds. The Morgan fingerprint density at radius 1 is 1.35 bits per heavy atom. The summed E-state index contributed by atoms with van der Waals surface area (Å²) in [5.74, 6) is -0.457. The molecule has 124 valence electrons. The zero-order valence-corrected chi connectivity index (χ0v) is 14.0. The SMILES string of the molecule is CC(=O)C(=Cc1cccc([N+](=O)[O-])c1)P1(=O)O[C@H](C)C[C@@H](C)O1. The standard InChI is InChI=1S/C15H18NO6P/c1-10-7-11(2)22-23(20,21-10)15(12(3)17)9-13-5-4-6-14(8-13)16(18)19/h4-6,8-11H,7H2,1-3H3/t10-,11-/m1/s1. The number of rotatable bonds is 4. The molecule has 0 N–H and O–H groups in total. The number of carbonyl (C=O) groups is 1. The van der Waals surface area contributed by atoms with Gasteiger partial charge in [0.1, 0.15) is 5.31 Å². The molecule has 1 aromatic rings. The predicted molar refractivity (Wildman–Crippen MR) is 85.1 cm³/mol. The van der Waals surface area contributed by atoms with Gasteiger partial charge in [-0.3, -0.25) is 19.5 Å². The van der Waals surface area contributed by atoms with Crippen molar-refractivity contribution in [2.45, 2.75) is 39.4 Å². The molecule has 0 aliphatic carbocycles. The van der Waals surface area contributed by atoms with Crippen LogP contribution in [0.4, 0.5) is 5.69 Å². The number of nitrogens with zero attached hydrogens (tertiary/aromatic N) is 1. The fourth-order valence-electron chi connectivity index (χ4n) is 2.43. The molecule has 1 heterocycles. The molecule has 0 spiro atoms. The third-order valence-corrected chi connectivity index (χ3v) is 5.65. The second-order valence-electron chi connectivity index (χ2n) is 5.50. The summed E-state index contributed by atoms with van der Waals surface area (Å²) in [7, 11) is -3.75. The van der Waals surface area contributed by atoms with Gasteiger partial charge in [0.05, 0.1) is 17.1 Å². The Hall–Kier alpha value is -1.82. The van der Waals surface area contributed by atoms with E-state index in [-0.39, 0.29) is 23.2 Å². The van der Waals surface area contributed by atoms with Crippen LogP contribution in [0.5, 0.6) is 0 Å². The molecule has 8 heteroatoms. The van der Waals surface area contributed by atoms with Gasteiger partial charge in [-0.05, 0) is 32.4 Å². The van der Waals surface area contributed by atoms with Crippen LogP contribution in [0.1, 0.15) is 32.8 Å². The average Bonchev–Trinajstić information content (AvgIpc) is 2.43. The number of nitro groups is 1. The Labute approximate surface area is 134 Å². The molecule has 1 aliphatic heterocycles.